The van der Waals surface area contributed by atoms with Gasteiger partial charge >= 0.3 is 0 Å². The van der Waals surface area contributed by atoms with Crippen LogP contribution in [0.5, 0.6) is 0 Å². The van der Waals surface area contributed by atoms with E-state index in [1.807, 2.05) is 31.2 Å². The van der Waals surface area contributed by atoms with E-state index in [1.165, 1.54) is 5.56 Å². The number of aromatic nitrogens is 1. The highest BCUT2D eigenvalue weighted by molar-refractivity contribution is 7.99. The van der Waals surface area contributed by atoms with Crippen LogP contribution in [-0.4, -0.2) is 4.98 Å². The van der Waals surface area contributed by atoms with E-state index < -0.39 is 0 Å². The molecular weight excluding hydrogens is 264 g/mol. The number of benzene rings is 1. The van der Waals surface area contributed by atoms with Gasteiger partial charge in [-0.15, -0.1) is 0 Å². The fourth-order valence-electron chi connectivity index (χ4n) is 1.78. The highest BCUT2D eigenvalue weighted by Crippen LogP contribution is 2.31. The quantitative estimate of drug-likeness (QED) is 0.924. The first-order chi connectivity index (χ1) is 8.60. The van der Waals surface area contributed by atoms with Gasteiger partial charge in [0.25, 0.3) is 0 Å². The van der Waals surface area contributed by atoms with Crippen molar-refractivity contribution in [3.05, 3.63) is 52.2 Å². The van der Waals surface area contributed by atoms with Crippen molar-refractivity contribution in [2.24, 2.45) is 5.73 Å². The van der Waals surface area contributed by atoms with Gasteiger partial charge in [0.15, 0.2) is 0 Å². The van der Waals surface area contributed by atoms with E-state index in [9.17, 15) is 0 Å². The minimum atomic E-state index is 0.509. The largest absolute Gasteiger partial charge is 0.326 e. The fourth-order valence-corrected chi connectivity index (χ4v) is 2.95. The smallest absolute Gasteiger partial charge is 0.106 e. The van der Waals surface area contributed by atoms with Crippen LogP contribution in [-0.2, 0) is 6.54 Å². The average Bonchev–Trinajstić information content (AvgIpc) is 2.32. The van der Waals surface area contributed by atoms with Gasteiger partial charge in [0, 0.05) is 27.7 Å². The molecule has 2 rings (SSSR count). The number of rotatable bonds is 3. The minimum Gasteiger partial charge on any atom is -0.326 e. The SMILES string of the molecule is Cc1cc(C)c(CN)c(Sc2ccc(Cl)cc2)n1. The molecule has 0 aliphatic carbocycles. The zero-order valence-corrected chi connectivity index (χ0v) is 12.0. The van der Waals surface area contributed by atoms with Crippen LogP contribution < -0.4 is 5.73 Å². The molecule has 0 aliphatic heterocycles. The molecule has 0 aliphatic rings. The van der Waals surface area contributed by atoms with E-state index in [2.05, 4.69) is 18.0 Å². The lowest BCUT2D eigenvalue weighted by Crippen LogP contribution is -2.04. The Kier molecular flexibility index (Phi) is 4.27. The molecule has 2 nitrogen and oxygen atoms in total. The lowest BCUT2D eigenvalue weighted by molar-refractivity contribution is 0.922. The number of pyridine rings is 1. The summed E-state index contributed by atoms with van der Waals surface area (Å²) >= 11 is 7.50. The lowest BCUT2D eigenvalue weighted by atomic mass is 10.1. The molecular formula is C14H15ClN2S. The molecule has 0 fully saturated rings. The summed E-state index contributed by atoms with van der Waals surface area (Å²) in [6.45, 7) is 4.58. The van der Waals surface area contributed by atoms with Crippen molar-refractivity contribution >= 4 is 23.4 Å². The molecule has 0 saturated heterocycles. The summed E-state index contributed by atoms with van der Waals surface area (Å²) in [4.78, 5) is 5.69. The van der Waals surface area contributed by atoms with E-state index in [0.717, 1.165) is 26.2 Å². The molecule has 0 unspecified atom stereocenters. The highest BCUT2D eigenvalue weighted by atomic mass is 35.5. The Morgan fingerprint density at radius 1 is 1.22 bits per heavy atom. The van der Waals surface area contributed by atoms with Crippen molar-refractivity contribution in [1.29, 1.82) is 0 Å². The van der Waals surface area contributed by atoms with E-state index in [4.69, 9.17) is 17.3 Å². The Morgan fingerprint density at radius 2 is 1.89 bits per heavy atom. The van der Waals surface area contributed by atoms with Crippen molar-refractivity contribution in [3.8, 4) is 0 Å². The summed E-state index contributed by atoms with van der Waals surface area (Å²) in [5.74, 6) is 0. The second-order valence-electron chi connectivity index (χ2n) is 4.12. The average molecular weight is 279 g/mol. The van der Waals surface area contributed by atoms with E-state index in [-0.39, 0.29) is 0 Å². The monoisotopic (exact) mass is 278 g/mol. The molecule has 94 valence electrons. The molecule has 0 bridgehead atoms. The van der Waals surface area contributed by atoms with Gasteiger partial charge in [-0.3, -0.25) is 0 Å². The number of aryl methyl sites for hydroxylation is 2. The van der Waals surface area contributed by atoms with Crippen LogP contribution in [0.1, 0.15) is 16.8 Å². The summed E-state index contributed by atoms with van der Waals surface area (Å²) in [6.07, 6.45) is 0. The number of hydrogen-bond donors (Lipinski definition) is 1. The molecule has 0 spiro atoms. The molecule has 1 aromatic heterocycles. The summed E-state index contributed by atoms with van der Waals surface area (Å²) in [6, 6.07) is 9.82. The summed E-state index contributed by atoms with van der Waals surface area (Å²) in [5.41, 5.74) is 9.13. The molecule has 0 amide bonds. The van der Waals surface area contributed by atoms with Crippen molar-refractivity contribution in [2.75, 3.05) is 0 Å². The summed E-state index contributed by atoms with van der Waals surface area (Å²) < 4.78 is 0. The maximum absolute atomic E-state index is 5.88. The third-order valence-electron chi connectivity index (χ3n) is 2.67. The molecule has 2 aromatic rings. The fraction of sp³-hybridized carbons (Fsp3) is 0.214. The Morgan fingerprint density at radius 3 is 2.50 bits per heavy atom. The van der Waals surface area contributed by atoms with Gasteiger partial charge in [-0.25, -0.2) is 4.98 Å². The molecule has 1 heterocycles. The van der Waals surface area contributed by atoms with Crippen LogP contribution in [0, 0.1) is 13.8 Å². The summed E-state index contributed by atoms with van der Waals surface area (Å²) in [7, 11) is 0. The van der Waals surface area contributed by atoms with Crippen LogP contribution in [0.4, 0.5) is 0 Å². The number of halogens is 1. The van der Waals surface area contributed by atoms with Crippen LogP contribution in [0.15, 0.2) is 40.3 Å². The second-order valence-corrected chi connectivity index (χ2v) is 5.62. The van der Waals surface area contributed by atoms with Gasteiger partial charge in [-0.2, -0.15) is 0 Å². The van der Waals surface area contributed by atoms with Crippen molar-refractivity contribution in [3.63, 3.8) is 0 Å². The number of nitrogens with two attached hydrogens (primary N) is 1. The van der Waals surface area contributed by atoms with E-state index in [1.54, 1.807) is 11.8 Å². The number of nitrogens with zero attached hydrogens (tertiary/aromatic N) is 1. The molecule has 0 atom stereocenters. The predicted octanol–water partition coefficient (Wildman–Crippen LogP) is 3.96. The lowest BCUT2D eigenvalue weighted by Gasteiger charge is -2.11. The van der Waals surface area contributed by atoms with Gasteiger partial charge in [0.05, 0.1) is 0 Å². The molecule has 18 heavy (non-hydrogen) atoms. The van der Waals surface area contributed by atoms with Gasteiger partial charge in [0.1, 0.15) is 5.03 Å². The van der Waals surface area contributed by atoms with E-state index in [0.29, 0.717) is 6.54 Å². The molecule has 4 heteroatoms. The van der Waals surface area contributed by atoms with Crippen LogP contribution >= 0.6 is 23.4 Å². The van der Waals surface area contributed by atoms with Crippen molar-refractivity contribution < 1.29 is 0 Å². The van der Waals surface area contributed by atoms with Crippen LogP contribution in [0.3, 0.4) is 0 Å². The predicted molar refractivity (Wildman–Crippen MR) is 77.2 cm³/mol. The van der Waals surface area contributed by atoms with Gasteiger partial charge in [0.2, 0.25) is 0 Å². The molecule has 1 aromatic carbocycles. The van der Waals surface area contributed by atoms with Gasteiger partial charge < -0.3 is 5.73 Å². The van der Waals surface area contributed by atoms with Crippen LogP contribution in [0.25, 0.3) is 0 Å². The Bertz CT molecular complexity index is 552. The van der Waals surface area contributed by atoms with E-state index >= 15 is 0 Å². The second kappa shape index (κ2) is 5.74. The van der Waals surface area contributed by atoms with Crippen LogP contribution in [0.2, 0.25) is 5.02 Å². The maximum Gasteiger partial charge on any atom is 0.106 e. The first-order valence-corrected chi connectivity index (χ1v) is 6.90. The zero-order valence-electron chi connectivity index (χ0n) is 10.4. The Balaban J connectivity index is 2.36. The molecule has 0 radical (unpaired) electrons. The Labute approximate surface area is 117 Å². The maximum atomic E-state index is 5.88. The van der Waals surface area contributed by atoms with Gasteiger partial charge in [-0.05, 0) is 49.7 Å². The molecule has 2 N–H and O–H groups in total. The zero-order chi connectivity index (χ0) is 13.1. The normalized spacial score (nSPS) is 10.7. The first kappa shape index (κ1) is 13.4. The van der Waals surface area contributed by atoms with Crippen molar-refractivity contribution in [1.82, 2.24) is 4.98 Å². The first-order valence-electron chi connectivity index (χ1n) is 5.70. The number of hydrogen-bond acceptors (Lipinski definition) is 3. The third-order valence-corrected chi connectivity index (χ3v) is 3.96. The topological polar surface area (TPSA) is 38.9 Å². The molecule has 0 saturated carbocycles. The minimum absolute atomic E-state index is 0.509. The third kappa shape index (κ3) is 3.05. The Hall–Kier alpha value is -1.03. The van der Waals surface area contributed by atoms with Gasteiger partial charge in [-0.1, -0.05) is 23.4 Å². The summed E-state index contributed by atoms with van der Waals surface area (Å²) in [5, 5.41) is 1.73. The standard InChI is InChI=1S/C14H15ClN2S/c1-9-7-10(2)17-14(13(9)8-16)18-12-5-3-11(15)4-6-12/h3-7H,8,16H2,1-2H3. The highest BCUT2D eigenvalue weighted by Gasteiger charge is 2.09. The van der Waals surface area contributed by atoms with Crippen molar-refractivity contribution in [2.45, 2.75) is 30.3 Å².